The van der Waals surface area contributed by atoms with Crippen molar-refractivity contribution in [1.29, 1.82) is 0 Å². The van der Waals surface area contributed by atoms with Crippen LogP contribution in [-0.2, 0) is 4.79 Å². The van der Waals surface area contributed by atoms with E-state index >= 15 is 0 Å². The second-order valence-corrected chi connectivity index (χ2v) is 6.27. The van der Waals surface area contributed by atoms with Crippen LogP contribution >= 0.6 is 0 Å². The molecular weight excluding hydrogens is 296 g/mol. The summed E-state index contributed by atoms with van der Waals surface area (Å²) in [4.78, 5) is 38.6. The maximum absolute atomic E-state index is 12.5. The summed E-state index contributed by atoms with van der Waals surface area (Å²) in [6.45, 7) is 5.48. The Labute approximate surface area is 135 Å². The molecule has 1 aromatic carbocycles. The minimum absolute atomic E-state index is 0.0800. The Morgan fingerprint density at radius 1 is 1.13 bits per heavy atom. The van der Waals surface area contributed by atoms with E-state index in [0.717, 1.165) is 4.90 Å². The molecule has 6 nitrogen and oxygen atoms in total. The highest BCUT2D eigenvalue weighted by Crippen LogP contribution is 2.26. The average Bonchev–Trinajstić information content (AvgIpc) is 2.74. The van der Waals surface area contributed by atoms with E-state index in [-0.39, 0.29) is 12.5 Å². The van der Waals surface area contributed by atoms with Crippen LogP contribution in [0.15, 0.2) is 24.3 Å². The van der Waals surface area contributed by atoms with Gasteiger partial charge in [0.15, 0.2) is 0 Å². The van der Waals surface area contributed by atoms with Crippen molar-refractivity contribution in [2.24, 2.45) is 5.92 Å². The molecule has 0 spiro atoms. The summed E-state index contributed by atoms with van der Waals surface area (Å²) < 4.78 is 0. The topological polar surface area (TPSA) is 86.7 Å². The van der Waals surface area contributed by atoms with Gasteiger partial charge < -0.3 is 10.4 Å². The number of amides is 3. The molecule has 0 fully saturated rings. The molecule has 6 heteroatoms. The number of fused-ring (bicyclic) bond motifs is 1. The lowest BCUT2D eigenvalue weighted by atomic mass is 10.0. The van der Waals surface area contributed by atoms with Gasteiger partial charge in [-0.1, -0.05) is 26.0 Å². The summed E-state index contributed by atoms with van der Waals surface area (Å²) >= 11 is 0. The molecule has 23 heavy (non-hydrogen) atoms. The summed E-state index contributed by atoms with van der Waals surface area (Å²) in [5, 5.41) is 11.9. The van der Waals surface area contributed by atoms with Crippen LogP contribution in [0.1, 0.15) is 47.9 Å². The molecular formula is C17H22N2O4. The zero-order valence-corrected chi connectivity index (χ0v) is 13.6. The summed E-state index contributed by atoms with van der Waals surface area (Å²) in [6.07, 6.45) is -0.322. The average molecular weight is 318 g/mol. The van der Waals surface area contributed by atoms with Crippen molar-refractivity contribution in [2.75, 3.05) is 6.54 Å². The number of hydrogen-bond acceptors (Lipinski definition) is 4. The zero-order valence-electron chi connectivity index (χ0n) is 13.6. The predicted octanol–water partition coefficient (Wildman–Crippen LogP) is 1.19. The molecule has 0 saturated heterocycles. The third-order valence-electron chi connectivity index (χ3n) is 3.71. The lowest BCUT2D eigenvalue weighted by Gasteiger charge is -2.27. The molecule has 124 valence electrons. The third kappa shape index (κ3) is 3.59. The summed E-state index contributed by atoms with van der Waals surface area (Å²) in [6, 6.07) is 5.70. The van der Waals surface area contributed by atoms with Crippen molar-refractivity contribution in [3.63, 3.8) is 0 Å². The monoisotopic (exact) mass is 318 g/mol. The summed E-state index contributed by atoms with van der Waals surface area (Å²) in [5.41, 5.74) is 0.657. The Hall–Kier alpha value is -2.21. The predicted molar refractivity (Wildman–Crippen MR) is 84.9 cm³/mol. The molecule has 0 radical (unpaired) electrons. The van der Waals surface area contributed by atoms with Gasteiger partial charge in [-0.05, 0) is 31.4 Å². The quantitative estimate of drug-likeness (QED) is 0.772. The molecule has 1 heterocycles. The fourth-order valence-corrected chi connectivity index (χ4v) is 2.63. The molecule has 0 aliphatic carbocycles. The van der Waals surface area contributed by atoms with E-state index in [2.05, 4.69) is 5.32 Å². The van der Waals surface area contributed by atoms with Crippen LogP contribution in [0.2, 0.25) is 0 Å². The normalized spacial score (nSPS) is 16.5. The molecule has 2 N–H and O–H groups in total. The molecule has 1 aliphatic heterocycles. The van der Waals surface area contributed by atoms with E-state index in [0.29, 0.717) is 17.5 Å². The highest BCUT2D eigenvalue weighted by atomic mass is 16.3. The van der Waals surface area contributed by atoms with Crippen molar-refractivity contribution in [2.45, 2.75) is 39.3 Å². The first-order chi connectivity index (χ1) is 10.8. The number of hydrogen-bond donors (Lipinski definition) is 2. The van der Waals surface area contributed by atoms with E-state index in [4.69, 9.17) is 0 Å². The first kappa shape index (κ1) is 17.1. The van der Waals surface area contributed by atoms with Crippen LogP contribution in [0.3, 0.4) is 0 Å². The number of nitrogens with zero attached hydrogens (tertiary/aromatic N) is 1. The van der Waals surface area contributed by atoms with Crippen molar-refractivity contribution >= 4 is 17.7 Å². The van der Waals surface area contributed by atoms with Crippen LogP contribution in [0.4, 0.5) is 0 Å². The molecule has 2 atom stereocenters. The molecule has 0 bridgehead atoms. The maximum Gasteiger partial charge on any atom is 0.262 e. The zero-order chi connectivity index (χ0) is 17.1. The van der Waals surface area contributed by atoms with Crippen molar-refractivity contribution in [1.82, 2.24) is 10.2 Å². The van der Waals surface area contributed by atoms with Crippen LogP contribution in [0.25, 0.3) is 0 Å². The van der Waals surface area contributed by atoms with E-state index in [9.17, 15) is 19.5 Å². The van der Waals surface area contributed by atoms with E-state index in [1.807, 2.05) is 13.8 Å². The van der Waals surface area contributed by atoms with E-state index in [1.54, 1.807) is 31.2 Å². The van der Waals surface area contributed by atoms with Gasteiger partial charge in [0.05, 0.1) is 17.2 Å². The number of imide groups is 1. The fourth-order valence-electron chi connectivity index (χ4n) is 2.63. The molecule has 2 unspecified atom stereocenters. The van der Waals surface area contributed by atoms with Gasteiger partial charge in [-0.25, -0.2) is 0 Å². The third-order valence-corrected chi connectivity index (χ3v) is 3.71. The van der Waals surface area contributed by atoms with Gasteiger partial charge in [0, 0.05) is 6.54 Å². The first-order valence-electron chi connectivity index (χ1n) is 7.75. The number of aliphatic hydroxyl groups is 1. The van der Waals surface area contributed by atoms with Crippen LogP contribution < -0.4 is 5.32 Å². The molecule has 0 aromatic heterocycles. The lowest BCUT2D eigenvalue weighted by molar-refractivity contribution is -0.125. The largest absolute Gasteiger partial charge is 0.392 e. The van der Waals surface area contributed by atoms with E-state index in [1.165, 1.54) is 0 Å². The van der Waals surface area contributed by atoms with Crippen LogP contribution in [0, 0.1) is 5.92 Å². The van der Waals surface area contributed by atoms with Gasteiger partial charge in [0.25, 0.3) is 11.8 Å². The van der Waals surface area contributed by atoms with Crippen LogP contribution in [0.5, 0.6) is 0 Å². The highest BCUT2D eigenvalue weighted by molar-refractivity contribution is 6.22. The number of aliphatic hydroxyl groups excluding tert-OH is 1. The fraction of sp³-hybridized carbons (Fsp3) is 0.471. The van der Waals surface area contributed by atoms with Crippen molar-refractivity contribution < 1.29 is 19.5 Å². The number of carbonyl (C=O) groups is 3. The molecule has 3 amide bonds. The Morgan fingerprint density at radius 2 is 1.65 bits per heavy atom. The Morgan fingerprint density at radius 3 is 2.09 bits per heavy atom. The molecule has 2 rings (SSSR count). The number of nitrogens with one attached hydrogen (secondary N) is 1. The standard InChI is InChI=1S/C17H22N2O4/c1-10(2)8-14(15(21)18-9-11(3)20)19-16(22)12-6-4-5-7-13(12)17(19)23/h4-7,10-11,14,20H,8-9H2,1-3H3,(H,18,21). The second kappa shape index (κ2) is 6.91. The Balaban J connectivity index is 2.28. The SMILES string of the molecule is CC(C)CC(C(=O)NCC(C)O)N1C(=O)c2ccccc2C1=O. The van der Waals surface area contributed by atoms with Gasteiger partial charge in [-0.3, -0.25) is 19.3 Å². The summed E-state index contributed by atoms with van der Waals surface area (Å²) in [7, 11) is 0. The molecule has 0 saturated carbocycles. The maximum atomic E-state index is 12.5. The number of rotatable bonds is 6. The van der Waals surface area contributed by atoms with Gasteiger partial charge in [0.2, 0.25) is 5.91 Å². The number of carbonyl (C=O) groups excluding carboxylic acids is 3. The van der Waals surface area contributed by atoms with Gasteiger partial charge in [-0.15, -0.1) is 0 Å². The lowest BCUT2D eigenvalue weighted by Crippen LogP contribution is -2.51. The smallest absolute Gasteiger partial charge is 0.262 e. The Kier molecular flexibility index (Phi) is 5.15. The first-order valence-corrected chi connectivity index (χ1v) is 7.75. The minimum Gasteiger partial charge on any atom is -0.392 e. The second-order valence-electron chi connectivity index (χ2n) is 6.27. The molecule has 1 aromatic rings. The summed E-state index contributed by atoms with van der Waals surface area (Å²) in [5.74, 6) is -1.18. The van der Waals surface area contributed by atoms with Gasteiger partial charge in [0.1, 0.15) is 6.04 Å². The van der Waals surface area contributed by atoms with Crippen LogP contribution in [-0.4, -0.2) is 46.4 Å². The number of benzene rings is 1. The van der Waals surface area contributed by atoms with E-state index < -0.39 is 29.9 Å². The van der Waals surface area contributed by atoms with Crippen molar-refractivity contribution in [3.05, 3.63) is 35.4 Å². The minimum atomic E-state index is -0.874. The van der Waals surface area contributed by atoms with Crippen molar-refractivity contribution in [3.8, 4) is 0 Å². The van der Waals surface area contributed by atoms with Gasteiger partial charge in [-0.2, -0.15) is 0 Å². The molecule has 1 aliphatic rings. The Bertz CT molecular complexity index is 590. The highest BCUT2D eigenvalue weighted by Gasteiger charge is 2.42. The van der Waals surface area contributed by atoms with Gasteiger partial charge >= 0.3 is 0 Å².